The first-order chi connectivity index (χ1) is 10.2. The Morgan fingerprint density at radius 2 is 2.29 bits per heavy atom. The van der Waals surface area contributed by atoms with Crippen LogP contribution in [0.15, 0.2) is 28.2 Å². The molecule has 2 aromatic heterocycles. The van der Waals surface area contributed by atoms with Gasteiger partial charge in [-0.15, -0.1) is 11.3 Å². The smallest absolute Gasteiger partial charge is 0.293 e. The Balaban J connectivity index is 1.81. The van der Waals surface area contributed by atoms with Crippen LogP contribution < -0.4 is 10.6 Å². The molecule has 0 aliphatic carbocycles. The molecule has 0 atom stereocenters. The zero-order valence-electron chi connectivity index (χ0n) is 11.7. The Kier molecular flexibility index (Phi) is 5.51. The third-order valence-electron chi connectivity index (χ3n) is 2.70. The van der Waals surface area contributed by atoms with E-state index in [0.29, 0.717) is 24.5 Å². The molecule has 6 nitrogen and oxygen atoms in total. The van der Waals surface area contributed by atoms with Gasteiger partial charge in [0.1, 0.15) is 0 Å². The summed E-state index contributed by atoms with van der Waals surface area (Å²) >= 11 is 1.33. The molecule has 0 spiro atoms. The Hall–Kier alpha value is -2.15. The van der Waals surface area contributed by atoms with Crippen molar-refractivity contribution in [2.45, 2.75) is 26.2 Å². The number of aromatic nitrogens is 1. The molecule has 2 amide bonds. The number of carbonyl (C=O) groups is 2. The predicted molar refractivity (Wildman–Crippen MR) is 80.4 cm³/mol. The second-order valence-corrected chi connectivity index (χ2v) is 5.28. The van der Waals surface area contributed by atoms with Crippen LogP contribution in [0.25, 0.3) is 0 Å². The van der Waals surface area contributed by atoms with Gasteiger partial charge in [0.25, 0.3) is 5.91 Å². The summed E-state index contributed by atoms with van der Waals surface area (Å²) in [6, 6.07) is 3.24. The topological polar surface area (TPSA) is 84.2 Å². The molecular formula is C14H17N3O3S. The lowest BCUT2D eigenvalue weighted by atomic mass is 10.2. The van der Waals surface area contributed by atoms with Crippen molar-refractivity contribution in [2.75, 3.05) is 11.9 Å². The zero-order chi connectivity index (χ0) is 15.1. The molecule has 2 aromatic rings. The number of nitrogens with zero attached hydrogens (tertiary/aromatic N) is 1. The molecule has 0 aromatic carbocycles. The Labute approximate surface area is 126 Å². The van der Waals surface area contributed by atoms with Crippen molar-refractivity contribution < 1.29 is 14.0 Å². The molecule has 2 rings (SSSR count). The van der Waals surface area contributed by atoms with Gasteiger partial charge in [-0.3, -0.25) is 14.9 Å². The second-order valence-electron chi connectivity index (χ2n) is 4.43. The van der Waals surface area contributed by atoms with Crippen LogP contribution in [-0.2, 0) is 11.2 Å². The molecule has 0 saturated heterocycles. The highest BCUT2D eigenvalue weighted by molar-refractivity contribution is 7.13. The number of furan rings is 1. The molecule has 0 aliphatic rings. The summed E-state index contributed by atoms with van der Waals surface area (Å²) in [5.41, 5.74) is 0.793. The largest absolute Gasteiger partial charge is 0.459 e. The summed E-state index contributed by atoms with van der Waals surface area (Å²) in [6.45, 7) is 2.70. The first-order valence-corrected chi connectivity index (χ1v) is 7.63. The molecule has 112 valence electrons. The number of hydrogen-bond donors (Lipinski definition) is 2. The number of carbonyl (C=O) groups excluding carboxylic acids is 2. The summed E-state index contributed by atoms with van der Waals surface area (Å²) in [6.07, 6.45) is 3.32. The fraction of sp³-hybridized carbons (Fsp3) is 0.357. The Bertz CT molecular complexity index is 592. The fourth-order valence-corrected chi connectivity index (χ4v) is 2.38. The average molecular weight is 307 g/mol. The van der Waals surface area contributed by atoms with Gasteiger partial charge < -0.3 is 9.73 Å². The summed E-state index contributed by atoms with van der Waals surface area (Å²) < 4.78 is 5.00. The predicted octanol–water partition coefficient (Wildman–Crippen LogP) is 2.45. The van der Waals surface area contributed by atoms with Crippen molar-refractivity contribution in [1.82, 2.24) is 10.3 Å². The number of thiazole rings is 1. The van der Waals surface area contributed by atoms with Crippen LogP contribution in [0.4, 0.5) is 5.13 Å². The molecule has 0 aliphatic heterocycles. The standard InChI is InChI=1S/C14H17N3O3S/c1-2-7-15-12(18)6-5-10-9-21-14(16-10)17-13(19)11-4-3-8-20-11/h3-4,8-9H,2,5-7H2,1H3,(H,15,18)(H,16,17,19). The number of amides is 2. The van der Waals surface area contributed by atoms with E-state index >= 15 is 0 Å². The van der Waals surface area contributed by atoms with Crippen LogP contribution in [0, 0.1) is 0 Å². The number of aryl methyl sites for hydroxylation is 1. The molecule has 0 radical (unpaired) electrons. The number of anilines is 1. The Morgan fingerprint density at radius 3 is 3.00 bits per heavy atom. The van der Waals surface area contributed by atoms with Crippen LogP contribution >= 0.6 is 11.3 Å². The summed E-state index contributed by atoms with van der Waals surface area (Å²) in [4.78, 5) is 27.5. The molecule has 7 heteroatoms. The lowest BCUT2D eigenvalue weighted by Gasteiger charge is -2.01. The monoisotopic (exact) mass is 307 g/mol. The minimum atomic E-state index is -0.332. The number of hydrogen-bond acceptors (Lipinski definition) is 5. The van der Waals surface area contributed by atoms with Crippen LogP contribution in [0.3, 0.4) is 0 Å². The van der Waals surface area contributed by atoms with Crippen molar-refractivity contribution in [3.8, 4) is 0 Å². The van der Waals surface area contributed by atoms with Gasteiger partial charge in [0.05, 0.1) is 12.0 Å². The third-order valence-corrected chi connectivity index (χ3v) is 3.50. The van der Waals surface area contributed by atoms with Gasteiger partial charge in [0, 0.05) is 18.3 Å². The average Bonchev–Trinajstić information content (AvgIpc) is 3.14. The summed E-state index contributed by atoms with van der Waals surface area (Å²) in [5.74, 6) is -0.0710. The van der Waals surface area contributed by atoms with Crippen LogP contribution in [0.5, 0.6) is 0 Å². The Morgan fingerprint density at radius 1 is 1.43 bits per heavy atom. The van der Waals surface area contributed by atoms with Gasteiger partial charge in [-0.05, 0) is 25.0 Å². The first-order valence-electron chi connectivity index (χ1n) is 6.75. The van der Waals surface area contributed by atoms with E-state index in [9.17, 15) is 9.59 Å². The van der Waals surface area contributed by atoms with Crippen molar-refractivity contribution >= 4 is 28.3 Å². The highest BCUT2D eigenvalue weighted by Gasteiger charge is 2.11. The lowest BCUT2D eigenvalue weighted by molar-refractivity contribution is -0.121. The van der Waals surface area contributed by atoms with Crippen LogP contribution in [0.2, 0.25) is 0 Å². The quantitative estimate of drug-likeness (QED) is 0.823. The molecule has 21 heavy (non-hydrogen) atoms. The highest BCUT2D eigenvalue weighted by Crippen LogP contribution is 2.17. The minimum Gasteiger partial charge on any atom is -0.459 e. The van der Waals surface area contributed by atoms with Crippen LogP contribution in [0.1, 0.15) is 36.0 Å². The van der Waals surface area contributed by atoms with E-state index in [4.69, 9.17) is 4.42 Å². The normalized spacial score (nSPS) is 10.3. The van der Waals surface area contributed by atoms with Crippen molar-refractivity contribution in [3.63, 3.8) is 0 Å². The van der Waals surface area contributed by atoms with Gasteiger partial charge in [0.2, 0.25) is 5.91 Å². The van der Waals surface area contributed by atoms with Gasteiger partial charge in [-0.1, -0.05) is 6.92 Å². The molecule has 2 heterocycles. The van der Waals surface area contributed by atoms with Crippen molar-refractivity contribution in [2.24, 2.45) is 0 Å². The minimum absolute atomic E-state index is 0.0195. The van der Waals surface area contributed by atoms with E-state index in [0.717, 1.165) is 12.1 Å². The van der Waals surface area contributed by atoms with E-state index in [-0.39, 0.29) is 17.6 Å². The summed E-state index contributed by atoms with van der Waals surface area (Å²) in [7, 11) is 0. The highest BCUT2D eigenvalue weighted by atomic mass is 32.1. The van der Waals surface area contributed by atoms with E-state index < -0.39 is 0 Å². The van der Waals surface area contributed by atoms with Gasteiger partial charge in [-0.2, -0.15) is 0 Å². The van der Waals surface area contributed by atoms with E-state index in [2.05, 4.69) is 15.6 Å². The SMILES string of the molecule is CCCNC(=O)CCc1csc(NC(=O)c2ccco2)n1. The maximum atomic E-state index is 11.8. The van der Waals surface area contributed by atoms with Gasteiger partial charge in [0.15, 0.2) is 10.9 Å². The van der Waals surface area contributed by atoms with Crippen molar-refractivity contribution in [1.29, 1.82) is 0 Å². The molecule has 0 unspecified atom stereocenters. The van der Waals surface area contributed by atoms with Gasteiger partial charge in [-0.25, -0.2) is 4.98 Å². The second kappa shape index (κ2) is 7.58. The molecule has 0 saturated carbocycles. The molecule has 0 bridgehead atoms. The maximum Gasteiger partial charge on any atom is 0.293 e. The number of nitrogens with one attached hydrogen (secondary N) is 2. The zero-order valence-corrected chi connectivity index (χ0v) is 12.5. The van der Waals surface area contributed by atoms with E-state index in [1.165, 1.54) is 17.6 Å². The molecule has 0 fully saturated rings. The molecular weight excluding hydrogens is 290 g/mol. The van der Waals surface area contributed by atoms with Crippen molar-refractivity contribution in [3.05, 3.63) is 35.2 Å². The number of rotatable bonds is 7. The lowest BCUT2D eigenvalue weighted by Crippen LogP contribution is -2.24. The fourth-order valence-electron chi connectivity index (χ4n) is 1.64. The van der Waals surface area contributed by atoms with E-state index in [1.807, 2.05) is 12.3 Å². The molecule has 2 N–H and O–H groups in total. The van der Waals surface area contributed by atoms with Gasteiger partial charge >= 0.3 is 0 Å². The first kappa shape index (κ1) is 15.2. The maximum absolute atomic E-state index is 11.8. The summed E-state index contributed by atoms with van der Waals surface area (Å²) in [5, 5.41) is 7.81. The van der Waals surface area contributed by atoms with Crippen LogP contribution in [-0.4, -0.2) is 23.3 Å². The van der Waals surface area contributed by atoms with E-state index in [1.54, 1.807) is 12.1 Å². The third kappa shape index (κ3) is 4.71.